The van der Waals surface area contributed by atoms with Crippen LogP contribution in [0.2, 0.25) is 0 Å². The lowest BCUT2D eigenvalue weighted by molar-refractivity contribution is -0.184. The van der Waals surface area contributed by atoms with E-state index in [9.17, 15) is 22.8 Å². The van der Waals surface area contributed by atoms with Crippen LogP contribution in [0.4, 0.5) is 13.2 Å². The van der Waals surface area contributed by atoms with Crippen LogP contribution in [-0.4, -0.2) is 29.2 Å². The van der Waals surface area contributed by atoms with Crippen molar-refractivity contribution in [2.75, 3.05) is 0 Å². The molecular formula is C11H14F3NO3. The van der Waals surface area contributed by atoms with Crippen LogP contribution in [-0.2, 0) is 9.59 Å². The van der Waals surface area contributed by atoms with Crippen LogP contribution in [0.1, 0.15) is 25.7 Å². The highest BCUT2D eigenvalue weighted by molar-refractivity contribution is 5.93. The first-order chi connectivity index (χ1) is 8.29. The number of nitrogens with one attached hydrogen (secondary N) is 1. The molecule has 0 aromatic carbocycles. The smallest absolute Gasteiger partial charge is 0.391 e. The van der Waals surface area contributed by atoms with Crippen LogP contribution in [0.3, 0.4) is 0 Å². The second kappa shape index (κ2) is 5.88. The third-order valence-electron chi connectivity index (χ3n) is 2.86. The Bertz CT molecular complexity index is 352. The van der Waals surface area contributed by atoms with Crippen molar-refractivity contribution in [1.82, 2.24) is 5.32 Å². The summed E-state index contributed by atoms with van der Waals surface area (Å²) < 4.78 is 37.5. The largest absolute Gasteiger partial charge is 0.478 e. The van der Waals surface area contributed by atoms with Crippen LogP contribution in [0.25, 0.3) is 0 Å². The van der Waals surface area contributed by atoms with Crippen molar-refractivity contribution in [3.05, 3.63) is 12.2 Å². The standard InChI is InChI=1S/C11H14F3NO3/c12-11(13,14)7-2-1-3-8(6-7)15-9(16)4-5-10(17)18/h4-5,7-8H,1-3,6H2,(H,15,16)(H,17,18)/b5-4+/t7-,8-/m1/s1. The molecule has 1 aliphatic carbocycles. The van der Waals surface area contributed by atoms with E-state index in [2.05, 4.69) is 5.32 Å². The first-order valence-corrected chi connectivity index (χ1v) is 5.57. The number of alkyl halides is 3. The minimum absolute atomic E-state index is 0.0842. The number of aliphatic carboxylic acids is 1. The summed E-state index contributed by atoms with van der Waals surface area (Å²) in [6.07, 6.45) is -1.95. The summed E-state index contributed by atoms with van der Waals surface area (Å²) in [7, 11) is 0. The molecule has 0 heterocycles. The number of hydrogen-bond donors (Lipinski definition) is 2. The summed E-state index contributed by atoms with van der Waals surface area (Å²) in [5.74, 6) is -3.34. The number of hydrogen-bond acceptors (Lipinski definition) is 2. The molecule has 0 bridgehead atoms. The van der Waals surface area contributed by atoms with Gasteiger partial charge < -0.3 is 10.4 Å². The van der Waals surface area contributed by atoms with Crippen LogP contribution in [0.5, 0.6) is 0 Å². The molecule has 1 aliphatic rings. The molecule has 1 amide bonds. The van der Waals surface area contributed by atoms with Crippen molar-refractivity contribution < 1.29 is 27.9 Å². The summed E-state index contributed by atoms with van der Waals surface area (Å²) in [4.78, 5) is 21.4. The predicted octanol–water partition coefficient (Wildman–Crippen LogP) is 1.86. The van der Waals surface area contributed by atoms with Gasteiger partial charge in [-0.1, -0.05) is 6.42 Å². The third kappa shape index (κ3) is 4.77. The Morgan fingerprint density at radius 2 is 1.89 bits per heavy atom. The molecule has 18 heavy (non-hydrogen) atoms. The molecule has 102 valence electrons. The summed E-state index contributed by atoms with van der Waals surface area (Å²) in [6.45, 7) is 0. The normalized spacial score (nSPS) is 25.1. The van der Waals surface area contributed by atoms with Crippen LogP contribution >= 0.6 is 0 Å². The van der Waals surface area contributed by atoms with Gasteiger partial charge >= 0.3 is 12.1 Å². The lowest BCUT2D eigenvalue weighted by Crippen LogP contribution is -2.41. The number of carbonyl (C=O) groups excluding carboxylic acids is 1. The molecule has 7 heteroatoms. The molecule has 0 radical (unpaired) electrons. The van der Waals surface area contributed by atoms with E-state index in [1.54, 1.807) is 0 Å². The Labute approximate surface area is 102 Å². The van der Waals surface area contributed by atoms with Crippen molar-refractivity contribution in [2.45, 2.75) is 37.9 Å². The molecule has 0 aromatic rings. The van der Waals surface area contributed by atoms with E-state index >= 15 is 0 Å². The predicted molar refractivity (Wildman–Crippen MR) is 56.7 cm³/mol. The van der Waals surface area contributed by atoms with E-state index in [1.165, 1.54) is 0 Å². The van der Waals surface area contributed by atoms with E-state index in [1.807, 2.05) is 0 Å². The van der Waals surface area contributed by atoms with Gasteiger partial charge in [-0.3, -0.25) is 4.79 Å². The summed E-state index contributed by atoms with van der Waals surface area (Å²) in [5, 5.41) is 10.7. The van der Waals surface area contributed by atoms with Crippen molar-refractivity contribution >= 4 is 11.9 Å². The Morgan fingerprint density at radius 1 is 1.22 bits per heavy atom. The summed E-state index contributed by atoms with van der Waals surface area (Å²) in [6, 6.07) is -0.545. The number of rotatable bonds is 3. The maximum absolute atomic E-state index is 12.5. The van der Waals surface area contributed by atoms with Gasteiger partial charge in [0, 0.05) is 18.2 Å². The van der Waals surface area contributed by atoms with E-state index in [0.29, 0.717) is 18.9 Å². The quantitative estimate of drug-likeness (QED) is 0.765. The van der Waals surface area contributed by atoms with Crippen molar-refractivity contribution in [1.29, 1.82) is 0 Å². The van der Waals surface area contributed by atoms with Gasteiger partial charge in [0.1, 0.15) is 0 Å². The Kier molecular flexibility index (Phi) is 4.75. The molecule has 0 saturated heterocycles. The zero-order valence-corrected chi connectivity index (χ0v) is 9.54. The molecule has 0 aromatic heterocycles. The molecule has 1 saturated carbocycles. The monoisotopic (exact) mass is 265 g/mol. The molecular weight excluding hydrogens is 251 g/mol. The zero-order chi connectivity index (χ0) is 13.8. The highest BCUT2D eigenvalue weighted by atomic mass is 19.4. The van der Waals surface area contributed by atoms with E-state index < -0.39 is 30.0 Å². The van der Waals surface area contributed by atoms with Crippen LogP contribution in [0, 0.1) is 5.92 Å². The Hall–Kier alpha value is -1.53. The fourth-order valence-electron chi connectivity index (χ4n) is 2.01. The topological polar surface area (TPSA) is 66.4 Å². The number of carbonyl (C=O) groups is 2. The number of amides is 1. The van der Waals surface area contributed by atoms with E-state index in [-0.39, 0.29) is 12.8 Å². The average Bonchev–Trinajstić information content (AvgIpc) is 2.25. The van der Waals surface area contributed by atoms with Gasteiger partial charge in [-0.25, -0.2) is 4.79 Å². The summed E-state index contributed by atoms with van der Waals surface area (Å²) >= 11 is 0. The maximum atomic E-state index is 12.5. The highest BCUT2D eigenvalue weighted by Gasteiger charge is 2.42. The van der Waals surface area contributed by atoms with Gasteiger partial charge in [-0.2, -0.15) is 13.2 Å². The van der Waals surface area contributed by atoms with Crippen molar-refractivity contribution in [3.63, 3.8) is 0 Å². The lowest BCUT2D eigenvalue weighted by Gasteiger charge is -2.30. The van der Waals surface area contributed by atoms with Gasteiger partial charge in [0.15, 0.2) is 0 Å². The van der Waals surface area contributed by atoms with E-state index in [0.717, 1.165) is 6.08 Å². The van der Waals surface area contributed by atoms with Gasteiger partial charge in [0.25, 0.3) is 0 Å². The van der Waals surface area contributed by atoms with Crippen molar-refractivity contribution in [2.24, 2.45) is 5.92 Å². The number of halogens is 3. The molecule has 1 fully saturated rings. The van der Waals surface area contributed by atoms with E-state index in [4.69, 9.17) is 5.11 Å². The molecule has 2 N–H and O–H groups in total. The number of carboxylic acids is 1. The molecule has 2 atom stereocenters. The SMILES string of the molecule is O=C(O)/C=C/C(=O)N[C@@H]1CCC[C@@H](C(F)(F)F)C1. The minimum Gasteiger partial charge on any atom is -0.478 e. The minimum atomic E-state index is -4.24. The summed E-state index contributed by atoms with van der Waals surface area (Å²) in [5.41, 5.74) is 0. The lowest BCUT2D eigenvalue weighted by atomic mass is 9.85. The van der Waals surface area contributed by atoms with Crippen LogP contribution < -0.4 is 5.32 Å². The van der Waals surface area contributed by atoms with Gasteiger partial charge in [0.05, 0.1) is 5.92 Å². The highest BCUT2D eigenvalue weighted by Crippen LogP contribution is 2.37. The Balaban J connectivity index is 2.48. The van der Waals surface area contributed by atoms with Crippen molar-refractivity contribution in [3.8, 4) is 0 Å². The molecule has 4 nitrogen and oxygen atoms in total. The van der Waals surface area contributed by atoms with Gasteiger partial charge in [0.2, 0.25) is 5.91 Å². The first kappa shape index (κ1) is 14.5. The fourth-order valence-corrected chi connectivity index (χ4v) is 2.01. The van der Waals surface area contributed by atoms with Crippen LogP contribution in [0.15, 0.2) is 12.2 Å². The zero-order valence-electron chi connectivity index (χ0n) is 9.54. The maximum Gasteiger partial charge on any atom is 0.391 e. The fraction of sp³-hybridized carbons (Fsp3) is 0.636. The molecule has 0 aliphatic heterocycles. The van der Waals surface area contributed by atoms with Gasteiger partial charge in [-0.15, -0.1) is 0 Å². The third-order valence-corrected chi connectivity index (χ3v) is 2.86. The first-order valence-electron chi connectivity index (χ1n) is 5.57. The Morgan fingerprint density at radius 3 is 2.44 bits per heavy atom. The second-order valence-corrected chi connectivity index (χ2v) is 4.28. The molecule has 0 unspecified atom stereocenters. The number of carboxylic acid groups (broad SMARTS) is 1. The average molecular weight is 265 g/mol. The van der Waals surface area contributed by atoms with Gasteiger partial charge in [-0.05, 0) is 19.3 Å². The second-order valence-electron chi connectivity index (χ2n) is 4.28. The molecule has 1 rings (SSSR count). The molecule has 0 spiro atoms.